The highest BCUT2D eigenvalue weighted by Gasteiger charge is 2.68. The van der Waals surface area contributed by atoms with Crippen LogP contribution in [0, 0.1) is 11.7 Å². The van der Waals surface area contributed by atoms with Gasteiger partial charge in [0.05, 0.1) is 11.5 Å². The third kappa shape index (κ3) is 2.51. The van der Waals surface area contributed by atoms with Crippen LogP contribution in [0.25, 0.3) is 0 Å². The number of carbonyl (C=O) groups is 1. The van der Waals surface area contributed by atoms with Crippen LogP contribution in [0.1, 0.15) is 17.0 Å². The van der Waals surface area contributed by atoms with Crippen molar-refractivity contribution in [1.29, 1.82) is 0 Å². The standard InChI is InChI=1S/C11H6Cl2F4O2/c12-10(13)7(8(10)9(18)19)4-1-5(11(15,16)17)3-6(14)2-4/h1-3,7-8H,(H,18,19)/t7-,8?/m1/s1. The molecule has 8 heteroatoms. The molecule has 19 heavy (non-hydrogen) atoms. The lowest BCUT2D eigenvalue weighted by molar-refractivity contribution is -0.138. The van der Waals surface area contributed by atoms with Crippen LogP contribution in [-0.2, 0) is 11.0 Å². The lowest BCUT2D eigenvalue weighted by Crippen LogP contribution is -2.07. The first-order valence-electron chi connectivity index (χ1n) is 5.03. The van der Waals surface area contributed by atoms with Crippen LogP contribution in [0.4, 0.5) is 17.6 Å². The molecule has 0 radical (unpaired) electrons. The number of hydrogen-bond acceptors (Lipinski definition) is 1. The number of aliphatic carboxylic acids is 1. The highest BCUT2D eigenvalue weighted by Crippen LogP contribution is 2.65. The molecule has 1 saturated carbocycles. The highest BCUT2D eigenvalue weighted by atomic mass is 35.5. The molecular formula is C11H6Cl2F4O2. The van der Waals surface area contributed by atoms with E-state index in [2.05, 4.69) is 0 Å². The van der Waals surface area contributed by atoms with E-state index in [9.17, 15) is 22.4 Å². The van der Waals surface area contributed by atoms with E-state index in [-0.39, 0.29) is 5.56 Å². The minimum absolute atomic E-state index is 0.176. The second-order valence-electron chi connectivity index (χ2n) is 4.24. The number of benzene rings is 1. The van der Waals surface area contributed by atoms with Gasteiger partial charge in [0.1, 0.15) is 10.2 Å². The Morgan fingerprint density at radius 1 is 1.26 bits per heavy atom. The van der Waals surface area contributed by atoms with E-state index in [1.807, 2.05) is 0 Å². The summed E-state index contributed by atoms with van der Waals surface area (Å²) in [5.74, 6) is -4.78. The molecule has 1 aliphatic rings. The second-order valence-corrected chi connectivity index (χ2v) is 5.68. The Hall–Kier alpha value is -1.01. The summed E-state index contributed by atoms with van der Waals surface area (Å²) in [6, 6.07) is 1.80. The molecule has 1 unspecified atom stereocenters. The van der Waals surface area contributed by atoms with E-state index in [4.69, 9.17) is 28.3 Å². The van der Waals surface area contributed by atoms with Crippen molar-refractivity contribution in [3.8, 4) is 0 Å². The van der Waals surface area contributed by atoms with E-state index < -0.39 is 39.7 Å². The molecule has 2 rings (SSSR count). The van der Waals surface area contributed by atoms with Gasteiger partial charge in [-0.15, -0.1) is 0 Å². The van der Waals surface area contributed by atoms with Crippen LogP contribution < -0.4 is 0 Å². The topological polar surface area (TPSA) is 37.3 Å². The molecule has 0 spiro atoms. The van der Waals surface area contributed by atoms with Gasteiger partial charge < -0.3 is 5.11 Å². The minimum Gasteiger partial charge on any atom is -0.481 e. The number of hydrogen-bond donors (Lipinski definition) is 1. The van der Waals surface area contributed by atoms with E-state index in [0.29, 0.717) is 12.1 Å². The zero-order chi connectivity index (χ0) is 14.6. The van der Waals surface area contributed by atoms with Gasteiger partial charge in [-0.1, -0.05) is 23.2 Å². The van der Waals surface area contributed by atoms with E-state index in [0.717, 1.165) is 6.07 Å². The fourth-order valence-electron chi connectivity index (χ4n) is 2.00. The van der Waals surface area contributed by atoms with Crippen LogP contribution in [0.15, 0.2) is 18.2 Å². The SMILES string of the molecule is O=C(O)C1[C@@H](c2cc(F)cc(C(F)(F)F)c2)C1(Cl)Cl. The number of alkyl halides is 5. The summed E-state index contributed by atoms with van der Waals surface area (Å²) in [7, 11) is 0. The summed E-state index contributed by atoms with van der Waals surface area (Å²) in [5, 5.41) is 8.83. The van der Waals surface area contributed by atoms with Crippen molar-refractivity contribution in [2.45, 2.75) is 16.4 Å². The summed E-state index contributed by atoms with van der Waals surface area (Å²) in [6.07, 6.45) is -4.73. The molecule has 0 aromatic heterocycles. The van der Waals surface area contributed by atoms with Crippen LogP contribution in [0.3, 0.4) is 0 Å². The van der Waals surface area contributed by atoms with Gasteiger partial charge in [-0.25, -0.2) is 4.39 Å². The number of rotatable bonds is 2. The predicted molar refractivity (Wildman–Crippen MR) is 59.7 cm³/mol. The van der Waals surface area contributed by atoms with Crippen molar-refractivity contribution < 1.29 is 27.5 Å². The Kier molecular flexibility index (Phi) is 3.22. The Bertz CT molecular complexity index is 542. The molecule has 1 aromatic carbocycles. The summed E-state index contributed by atoms with van der Waals surface area (Å²) >= 11 is 11.4. The van der Waals surface area contributed by atoms with Crippen molar-refractivity contribution in [2.75, 3.05) is 0 Å². The molecule has 2 atom stereocenters. The van der Waals surface area contributed by atoms with Crippen molar-refractivity contribution in [3.63, 3.8) is 0 Å². The van der Waals surface area contributed by atoms with Gasteiger partial charge in [0, 0.05) is 5.92 Å². The molecular weight excluding hydrogens is 311 g/mol. The molecule has 0 bridgehead atoms. The highest BCUT2D eigenvalue weighted by molar-refractivity contribution is 6.53. The first-order chi connectivity index (χ1) is 8.55. The molecule has 0 heterocycles. The normalized spacial score (nSPS) is 25.2. The fourth-order valence-corrected chi connectivity index (χ4v) is 2.82. The molecule has 1 fully saturated rings. The number of halogens is 6. The summed E-state index contributed by atoms with van der Waals surface area (Å²) in [6.45, 7) is 0. The third-order valence-corrected chi connectivity index (χ3v) is 3.87. The maximum absolute atomic E-state index is 13.2. The van der Waals surface area contributed by atoms with Crippen molar-refractivity contribution in [2.24, 2.45) is 5.92 Å². The van der Waals surface area contributed by atoms with Gasteiger partial charge in [-0.3, -0.25) is 4.79 Å². The Morgan fingerprint density at radius 3 is 2.26 bits per heavy atom. The fraction of sp³-hybridized carbons (Fsp3) is 0.364. The number of carboxylic acids is 1. The molecule has 1 aromatic rings. The van der Waals surface area contributed by atoms with Crippen molar-refractivity contribution in [1.82, 2.24) is 0 Å². The zero-order valence-corrected chi connectivity index (χ0v) is 10.5. The maximum atomic E-state index is 13.2. The first kappa shape index (κ1) is 14.4. The van der Waals surface area contributed by atoms with Crippen LogP contribution >= 0.6 is 23.2 Å². The monoisotopic (exact) mass is 316 g/mol. The van der Waals surface area contributed by atoms with E-state index in [1.54, 1.807) is 0 Å². The summed E-state index contributed by atoms with van der Waals surface area (Å²) in [5.41, 5.74) is -1.38. The Balaban J connectivity index is 2.43. The molecule has 0 saturated heterocycles. The largest absolute Gasteiger partial charge is 0.481 e. The Morgan fingerprint density at radius 2 is 1.84 bits per heavy atom. The Labute approximate surface area is 114 Å². The van der Waals surface area contributed by atoms with Crippen LogP contribution in [0.5, 0.6) is 0 Å². The third-order valence-electron chi connectivity index (χ3n) is 2.93. The first-order valence-corrected chi connectivity index (χ1v) is 5.79. The molecule has 2 nitrogen and oxygen atoms in total. The predicted octanol–water partition coefficient (Wildman–Crippen LogP) is 3.82. The average molecular weight is 317 g/mol. The molecule has 0 aliphatic heterocycles. The molecule has 104 valence electrons. The van der Waals surface area contributed by atoms with E-state index in [1.165, 1.54) is 0 Å². The van der Waals surface area contributed by atoms with Crippen LogP contribution in [-0.4, -0.2) is 15.4 Å². The van der Waals surface area contributed by atoms with Gasteiger partial charge in [-0.2, -0.15) is 13.2 Å². The van der Waals surface area contributed by atoms with Gasteiger partial charge in [0.2, 0.25) is 0 Å². The summed E-state index contributed by atoms with van der Waals surface area (Å²) in [4.78, 5) is 10.8. The number of carboxylic acid groups (broad SMARTS) is 1. The minimum atomic E-state index is -4.73. The van der Waals surface area contributed by atoms with Gasteiger partial charge in [-0.05, 0) is 23.8 Å². The maximum Gasteiger partial charge on any atom is 0.416 e. The zero-order valence-electron chi connectivity index (χ0n) is 9.01. The van der Waals surface area contributed by atoms with Gasteiger partial charge in [0.15, 0.2) is 0 Å². The van der Waals surface area contributed by atoms with Crippen molar-refractivity contribution in [3.05, 3.63) is 35.1 Å². The summed E-state index contributed by atoms with van der Waals surface area (Å²) < 4.78 is 49.1. The second kappa shape index (κ2) is 4.24. The van der Waals surface area contributed by atoms with Gasteiger partial charge >= 0.3 is 12.1 Å². The van der Waals surface area contributed by atoms with Crippen LogP contribution in [0.2, 0.25) is 0 Å². The quantitative estimate of drug-likeness (QED) is 0.665. The van der Waals surface area contributed by atoms with Crippen molar-refractivity contribution >= 4 is 29.2 Å². The molecule has 1 aliphatic carbocycles. The molecule has 1 N–H and O–H groups in total. The van der Waals surface area contributed by atoms with E-state index >= 15 is 0 Å². The lowest BCUT2D eigenvalue weighted by Gasteiger charge is -2.09. The smallest absolute Gasteiger partial charge is 0.416 e. The average Bonchev–Trinajstić information content (AvgIpc) is 2.79. The van der Waals surface area contributed by atoms with Gasteiger partial charge in [0.25, 0.3) is 0 Å². The lowest BCUT2D eigenvalue weighted by atomic mass is 10.0. The molecule has 0 amide bonds.